The lowest BCUT2D eigenvalue weighted by molar-refractivity contribution is 0.407. The molecule has 2 nitrogen and oxygen atoms in total. The summed E-state index contributed by atoms with van der Waals surface area (Å²) in [5, 5.41) is 0. The minimum Gasteiger partial charge on any atom is -0.496 e. The van der Waals surface area contributed by atoms with Crippen LogP contribution in [0.15, 0.2) is 47.4 Å². The third kappa shape index (κ3) is 2.94. The molecule has 2 aromatic rings. The van der Waals surface area contributed by atoms with Crippen LogP contribution in [0.25, 0.3) is 0 Å². The average Bonchev–Trinajstić information content (AvgIpc) is 2.46. The van der Waals surface area contributed by atoms with Crippen LogP contribution in [0, 0.1) is 6.92 Å². The lowest BCUT2D eigenvalue weighted by Crippen LogP contribution is -2.14. The standard InChI is InChI=1S/C16H19NOS/c1-11-8-9-14(18-2)13(10-11)16(17)12-6-4-5-7-15(12)19-3/h4-10,16H,17H2,1-3H3. The summed E-state index contributed by atoms with van der Waals surface area (Å²) in [6.07, 6.45) is 2.07. The van der Waals surface area contributed by atoms with Crippen LogP contribution >= 0.6 is 11.8 Å². The van der Waals surface area contributed by atoms with Gasteiger partial charge in [-0.2, -0.15) is 0 Å². The van der Waals surface area contributed by atoms with Gasteiger partial charge in [0.1, 0.15) is 5.75 Å². The summed E-state index contributed by atoms with van der Waals surface area (Å²) in [4.78, 5) is 1.21. The molecular formula is C16H19NOS. The van der Waals surface area contributed by atoms with Crippen molar-refractivity contribution in [3.05, 3.63) is 59.2 Å². The van der Waals surface area contributed by atoms with Crippen molar-refractivity contribution >= 4 is 11.8 Å². The van der Waals surface area contributed by atoms with Gasteiger partial charge < -0.3 is 10.5 Å². The Balaban J connectivity index is 2.49. The van der Waals surface area contributed by atoms with E-state index < -0.39 is 0 Å². The van der Waals surface area contributed by atoms with E-state index in [2.05, 4.69) is 31.4 Å². The highest BCUT2D eigenvalue weighted by Crippen LogP contribution is 2.33. The molecule has 0 spiro atoms. The van der Waals surface area contributed by atoms with E-state index in [-0.39, 0.29) is 6.04 Å². The van der Waals surface area contributed by atoms with E-state index in [4.69, 9.17) is 10.5 Å². The fraction of sp³-hybridized carbons (Fsp3) is 0.250. The van der Waals surface area contributed by atoms with Crippen molar-refractivity contribution in [1.29, 1.82) is 0 Å². The number of hydrogen-bond donors (Lipinski definition) is 1. The van der Waals surface area contributed by atoms with Gasteiger partial charge in [-0.25, -0.2) is 0 Å². The molecule has 2 aromatic carbocycles. The maximum atomic E-state index is 6.44. The Morgan fingerprint density at radius 1 is 1.11 bits per heavy atom. The zero-order valence-electron chi connectivity index (χ0n) is 11.5. The van der Waals surface area contributed by atoms with E-state index in [1.165, 1.54) is 10.5 Å². The molecule has 0 bridgehead atoms. The van der Waals surface area contributed by atoms with Crippen LogP contribution in [-0.4, -0.2) is 13.4 Å². The summed E-state index contributed by atoms with van der Waals surface area (Å²) in [6.45, 7) is 2.07. The normalized spacial score (nSPS) is 12.2. The topological polar surface area (TPSA) is 35.2 Å². The Kier molecular flexibility index (Phi) is 4.51. The summed E-state index contributed by atoms with van der Waals surface area (Å²) in [6, 6.07) is 14.2. The second kappa shape index (κ2) is 6.13. The molecule has 19 heavy (non-hydrogen) atoms. The first kappa shape index (κ1) is 14.0. The van der Waals surface area contributed by atoms with Gasteiger partial charge in [0.05, 0.1) is 13.2 Å². The van der Waals surface area contributed by atoms with Crippen molar-refractivity contribution in [2.24, 2.45) is 5.73 Å². The molecule has 0 aliphatic carbocycles. The summed E-state index contributed by atoms with van der Waals surface area (Å²) >= 11 is 1.72. The van der Waals surface area contributed by atoms with Crippen molar-refractivity contribution < 1.29 is 4.74 Å². The molecule has 2 N–H and O–H groups in total. The predicted octanol–water partition coefficient (Wildman–Crippen LogP) is 3.77. The Morgan fingerprint density at radius 2 is 1.84 bits per heavy atom. The summed E-state index contributed by atoms with van der Waals surface area (Å²) in [5.41, 5.74) is 9.80. The van der Waals surface area contributed by atoms with E-state index in [1.54, 1.807) is 18.9 Å². The highest BCUT2D eigenvalue weighted by molar-refractivity contribution is 7.98. The zero-order valence-corrected chi connectivity index (χ0v) is 12.3. The smallest absolute Gasteiger partial charge is 0.123 e. The van der Waals surface area contributed by atoms with Crippen LogP contribution in [0.1, 0.15) is 22.7 Å². The third-order valence-electron chi connectivity index (χ3n) is 3.19. The molecular weight excluding hydrogens is 254 g/mol. The average molecular weight is 273 g/mol. The van der Waals surface area contributed by atoms with E-state index in [9.17, 15) is 0 Å². The maximum Gasteiger partial charge on any atom is 0.123 e. The number of hydrogen-bond acceptors (Lipinski definition) is 3. The third-order valence-corrected chi connectivity index (χ3v) is 4.01. The minimum absolute atomic E-state index is 0.168. The molecule has 0 fully saturated rings. The fourth-order valence-electron chi connectivity index (χ4n) is 2.19. The van der Waals surface area contributed by atoms with E-state index in [1.807, 2.05) is 24.3 Å². The second-order valence-corrected chi connectivity index (χ2v) is 5.31. The molecule has 0 aliphatic rings. The number of ether oxygens (including phenoxy) is 1. The Labute approximate surface area is 119 Å². The molecule has 0 amide bonds. The van der Waals surface area contributed by atoms with Gasteiger partial charge >= 0.3 is 0 Å². The number of thioether (sulfide) groups is 1. The molecule has 1 atom stereocenters. The van der Waals surface area contributed by atoms with Crippen molar-refractivity contribution in [1.82, 2.24) is 0 Å². The lowest BCUT2D eigenvalue weighted by Gasteiger charge is -2.19. The van der Waals surface area contributed by atoms with Crippen LogP contribution in [0.3, 0.4) is 0 Å². The molecule has 0 saturated heterocycles. The van der Waals surface area contributed by atoms with Gasteiger partial charge in [-0.1, -0.05) is 35.9 Å². The molecule has 0 aromatic heterocycles. The van der Waals surface area contributed by atoms with Crippen LogP contribution in [0.4, 0.5) is 0 Å². The minimum atomic E-state index is -0.168. The van der Waals surface area contributed by atoms with E-state index >= 15 is 0 Å². The zero-order chi connectivity index (χ0) is 13.8. The van der Waals surface area contributed by atoms with Gasteiger partial charge in [0, 0.05) is 10.5 Å². The molecule has 100 valence electrons. The first-order valence-corrected chi connectivity index (χ1v) is 7.43. The monoisotopic (exact) mass is 273 g/mol. The maximum absolute atomic E-state index is 6.44. The van der Waals surface area contributed by atoms with Gasteiger partial charge in [0.25, 0.3) is 0 Å². The van der Waals surface area contributed by atoms with E-state index in [0.29, 0.717) is 0 Å². The Bertz CT molecular complexity index is 568. The lowest BCUT2D eigenvalue weighted by atomic mass is 9.97. The molecule has 0 radical (unpaired) electrons. The molecule has 3 heteroatoms. The van der Waals surface area contributed by atoms with Gasteiger partial charge in [-0.05, 0) is 30.9 Å². The van der Waals surface area contributed by atoms with Gasteiger partial charge in [-0.3, -0.25) is 0 Å². The SMILES string of the molecule is COc1ccc(C)cc1C(N)c1ccccc1SC. The van der Waals surface area contributed by atoms with Gasteiger partial charge in [0.2, 0.25) is 0 Å². The fourth-order valence-corrected chi connectivity index (χ4v) is 2.83. The number of methoxy groups -OCH3 is 1. The number of nitrogens with two attached hydrogens (primary N) is 1. The first-order chi connectivity index (χ1) is 9.17. The summed E-state index contributed by atoms with van der Waals surface area (Å²) in [7, 11) is 1.68. The highest BCUT2D eigenvalue weighted by Gasteiger charge is 2.16. The molecule has 0 saturated carbocycles. The predicted molar refractivity (Wildman–Crippen MR) is 82.0 cm³/mol. The summed E-state index contributed by atoms with van der Waals surface area (Å²) < 4.78 is 5.43. The summed E-state index contributed by atoms with van der Waals surface area (Å²) in [5.74, 6) is 0.842. The van der Waals surface area contributed by atoms with Crippen LogP contribution < -0.4 is 10.5 Å². The molecule has 2 rings (SSSR count). The number of benzene rings is 2. The largest absolute Gasteiger partial charge is 0.496 e. The number of rotatable bonds is 4. The highest BCUT2D eigenvalue weighted by atomic mass is 32.2. The van der Waals surface area contributed by atoms with Crippen LogP contribution in [0.2, 0.25) is 0 Å². The van der Waals surface area contributed by atoms with Crippen LogP contribution in [0.5, 0.6) is 5.75 Å². The van der Waals surface area contributed by atoms with Crippen LogP contribution in [-0.2, 0) is 0 Å². The Hall–Kier alpha value is -1.45. The van der Waals surface area contributed by atoms with Crippen molar-refractivity contribution in [2.45, 2.75) is 17.9 Å². The molecule has 0 aliphatic heterocycles. The van der Waals surface area contributed by atoms with Crippen molar-refractivity contribution in [3.8, 4) is 5.75 Å². The Morgan fingerprint density at radius 3 is 2.53 bits per heavy atom. The van der Waals surface area contributed by atoms with Gasteiger partial charge in [-0.15, -0.1) is 11.8 Å². The van der Waals surface area contributed by atoms with Crippen molar-refractivity contribution in [2.75, 3.05) is 13.4 Å². The van der Waals surface area contributed by atoms with E-state index in [0.717, 1.165) is 16.9 Å². The quantitative estimate of drug-likeness (QED) is 0.861. The molecule has 0 heterocycles. The molecule has 1 unspecified atom stereocenters. The number of aryl methyl sites for hydroxylation is 1. The second-order valence-electron chi connectivity index (χ2n) is 4.47. The van der Waals surface area contributed by atoms with Crippen molar-refractivity contribution in [3.63, 3.8) is 0 Å². The van der Waals surface area contributed by atoms with Gasteiger partial charge in [0.15, 0.2) is 0 Å². The first-order valence-electron chi connectivity index (χ1n) is 6.20.